The number of likely N-dealkylation sites (tertiary alicyclic amines) is 1. The number of amides is 2. The zero-order valence-electron chi connectivity index (χ0n) is 14.1. The number of rotatable bonds is 5. The summed E-state index contributed by atoms with van der Waals surface area (Å²) in [5.74, 6) is 1.59. The molecule has 24 heavy (non-hydrogen) atoms. The molecule has 2 aromatic rings. The van der Waals surface area contributed by atoms with E-state index in [1.807, 2.05) is 40.8 Å². The van der Waals surface area contributed by atoms with Crippen LogP contribution in [0.25, 0.3) is 0 Å². The van der Waals surface area contributed by atoms with E-state index in [0.717, 1.165) is 43.1 Å². The van der Waals surface area contributed by atoms with Gasteiger partial charge in [0.2, 0.25) is 0 Å². The number of aryl methyl sites for hydroxylation is 1. The first-order valence-electron chi connectivity index (χ1n) is 8.33. The molecule has 0 spiro atoms. The number of benzene rings is 1. The molecule has 7 nitrogen and oxygen atoms in total. The highest BCUT2D eigenvalue weighted by Crippen LogP contribution is 2.31. The van der Waals surface area contributed by atoms with Crippen LogP contribution in [0.15, 0.2) is 30.6 Å². The molecule has 1 saturated heterocycles. The Hall–Kier alpha value is -2.57. The zero-order valence-corrected chi connectivity index (χ0v) is 14.1. The molecule has 3 rings (SSSR count). The zero-order chi connectivity index (χ0) is 16.9. The number of nitrogens with zero attached hydrogens (tertiary/aromatic N) is 4. The van der Waals surface area contributed by atoms with Gasteiger partial charge in [0.1, 0.15) is 12.1 Å². The molecule has 1 aliphatic rings. The van der Waals surface area contributed by atoms with E-state index in [4.69, 9.17) is 4.74 Å². The summed E-state index contributed by atoms with van der Waals surface area (Å²) in [5, 5.41) is 11.0. The van der Waals surface area contributed by atoms with Gasteiger partial charge < -0.3 is 19.5 Å². The van der Waals surface area contributed by atoms with E-state index >= 15 is 0 Å². The number of hydrogen-bond donors (Lipinski definition) is 1. The van der Waals surface area contributed by atoms with Crippen LogP contribution in [0.2, 0.25) is 0 Å². The van der Waals surface area contributed by atoms with Crippen LogP contribution in [0, 0.1) is 0 Å². The number of carbonyl (C=O) groups is 1. The third-order valence-electron chi connectivity index (χ3n) is 4.12. The number of nitrogens with one attached hydrogen (secondary N) is 1. The third-order valence-corrected chi connectivity index (χ3v) is 4.12. The maximum atomic E-state index is 12.7. The molecule has 0 saturated carbocycles. The lowest BCUT2D eigenvalue weighted by Gasteiger charge is -2.24. The van der Waals surface area contributed by atoms with Crippen molar-refractivity contribution in [1.29, 1.82) is 0 Å². The molecule has 1 fully saturated rings. The molecule has 0 bridgehead atoms. The van der Waals surface area contributed by atoms with E-state index in [1.54, 1.807) is 6.33 Å². The van der Waals surface area contributed by atoms with Crippen molar-refractivity contribution < 1.29 is 9.53 Å². The van der Waals surface area contributed by atoms with E-state index < -0.39 is 0 Å². The van der Waals surface area contributed by atoms with Crippen LogP contribution in [0.5, 0.6) is 5.75 Å². The van der Waals surface area contributed by atoms with Crippen molar-refractivity contribution in [3.63, 3.8) is 0 Å². The van der Waals surface area contributed by atoms with Crippen molar-refractivity contribution in [2.75, 3.05) is 18.5 Å². The van der Waals surface area contributed by atoms with Gasteiger partial charge in [0.05, 0.1) is 12.6 Å². The second kappa shape index (κ2) is 7.33. The van der Waals surface area contributed by atoms with Crippen molar-refractivity contribution in [2.24, 2.45) is 7.05 Å². The molecule has 0 radical (unpaired) electrons. The molecule has 2 amide bonds. The molecule has 7 heteroatoms. The van der Waals surface area contributed by atoms with Crippen LogP contribution in [0.4, 0.5) is 10.5 Å². The Labute approximate surface area is 141 Å². The van der Waals surface area contributed by atoms with Crippen molar-refractivity contribution in [3.8, 4) is 5.75 Å². The molecule has 128 valence electrons. The minimum absolute atomic E-state index is 0.0305. The molecule has 1 aromatic heterocycles. The predicted octanol–water partition coefficient (Wildman–Crippen LogP) is 2.97. The smallest absolute Gasteiger partial charge is 0.322 e. The Morgan fingerprint density at radius 1 is 1.46 bits per heavy atom. The normalized spacial score (nSPS) is 17.1. The van der Waals surface area contributed by atoms with Crippen molar-refractivity contribution in [3.05, 3.63) is 36.4 Å². The van der Waals surface area contributed by atoms with Gasteiger partial charge in [-0.05, 0) is 31.4 Å². The SMILES string of the molecule is CCCOc1cccc(NC(=O)N2CCCC2c2nncn2C)c1. The summed E-state index contributed by atoms with van der Waals surface area (Å²) >= 11 is 0. The van der Waals surface area contributed by atoms with Crippen LogP contribution in [0.1, 0.15) is 38.1 Å². The summed E-state index contributed by atoms with van der Waals surface area (Å²) < 4.78 is 7.48. The van der Waals surface area contributed by atoms with E-state index in [-0.39, 0.29) is 12.1 Å². The third kappa shape index (κ3) is 3.50. The molecule has 2 heterocycles. The quantitative estimate of drug-likeness (QED) is 0.915. The number of hydrogen-bond acceptors (Lipinski definition) is 4. The number of carbonyl (C=O) groups excluding carboxylic acids is 1. The van der Waals surface area contributed by atoms with Crippen LogP contribution in [0.3, 0.4) is 0 Å². The summed E-state index contributed by atoms with van der Waals surface area (Å²) in [5.41, 5.74) is 0.734. The van der Waals surface area contributed by atoms with Gasteiger partial charge in [-0.3, -0.25) is 0 Å². The Morgan fingerprint density at radius 3 is 3.08 bits per heavy atom. The largest absolute Gasteiger partial charge is 0.494 e. The average Bonchev–Trinajstić information content (AvgIpc) is 3.21. The maximum absolute atomic E-state index is 12.7. The molecule has 1 atom stereocenters. The summed E-state index contributed by atoms with van der Waals surface area (Å²) in [6.45, 7) is 3.44. The fourth-order valence-electron chi connectivity index (χ4n) is 2.95. The topological polar surface area (TPSA) is 72.3 Å². The lowest BCUT2D eigenvalue weighted by molar-refractivity contribution is 0.204. The average molecular weight is 329 g/mol. The van der Waals surface area contributed by atoms with Crippen molar-refractivity contribution >= 4 is 11.7 Å². The highest BCUT2D eigenvalue weighted by atomic mass is 16.5. The first-order valence-corrected chi connectivity index (χ1v) is 8.33. The van der Waals surface area contributed by atoms with E-state index in [2.05, 4.69) is 22.4 Å². The van der Waals surface area contributed by atoms with Gasteiger partial charge in [-0.25, -0.2) is 4.79 Å². The molecule has 1 aromatic carbocycles. The lowest BCUT2D eigenvalue weighted by atomic mass is 10.2. The summed E-state index contributed by atoms with van der Waals surface area (Å²) in [6, 6.07) is 7.34. The first-order chi connectivity index (χ1) is 11.7. The molecule has 1 unspecified atom stereocenters. The van der Waals surface area contributed by atoms with E-state index in [0.29, 0.717) is 6.61 Å². The van der Waals surface area contributed by atoms with Gasteiger partial charge in [-0.15, -0.1) is 10.2 Å². The fourth-order valence-corrected chi connectivity index (χ4v) is 2.95. The number of anilines is 1. The number of urea groups is 1. The van der Waals surface area contributed by atoms with Crippen molar-refractivity contribution in [1.82, 2.24) is 19.7 Å². The van der Waals surface area contributed by atoms with Gasteiger partial charge in [-0.1, -0.05) is 13.0 Å². The van der Waals surface area contributed by atoms with E-state index in [1.165, 1.54) is 0 Å². The van der Waals surface area contributed by atoms with Gasteiger partial charge in [0.15, 0.2) is 5.82 Å². The first kappa shape index (κ1) is 16.3. The maximum Gasteiger partial charge on any atom is 0.322 e. The van der Waals surface area contributed by atoms with Crippen LogP contribution >= 0.6 is 0 Å². The van der Waals surface area contributed by atoms with Crippen molar-refractivity contribution in [2.45, 2.75) is 32.2 Å². The second-order valence-corrected chi connectivity index (χ2v) is 5.96. The Morgan fingerprint density at radius 2 is 2.33 bits per heavy atom. The van der Waals surface area contributed by atoms with Gasteiger partial charge in [0.25, 0.3) is 0 Å². The minimum atomic E-state index is -0.117. The highest BCUT2D eigenvalue weighted by Gasteiger charge is 2.32. The highest BCUT2D eigenvalue weighted by molar-refractivity contribution is 5.90. The van der Waals surface area contributed by atoms with Crippen LogP contribution in [-0.2, 0) is 7.05 Å². The molecular weight excluding hydrogens is 306 g/mol. The Balaban J connectivity index is 1.69. The van der Waals surface area contributed by atoms with Gasteiger partial charge >= 0.3 is 6.03 Å². The van der Waals surface area contributed by atoms with E-state index in [9.17, 15) is 4.79 Å². The molecule has 1 aliphatic heterocycles. The molecule has 0 aliphatic carbocycles. The summed E-state index contributed by atoms with van der Waals surface area (Å²) in [4.78, 5) is 14.5. The monoisotopic (exact) mass is 329 g/mol. The lowest BCUT2D eigenvalue weighted by Crippen LogP contribution is -2.35. The standard InChI is InChI=1S/C17H23N5O2/c1-3-10-24-14-7-4-6-13(11-14)19-17(23)22-9-5-8-15(22)16-20-18-12-21(16)2/h4,6-7,11-12,15H,3,5,8-10H2,1-2H3,(H,19,23). The van der Waals surface area contributed by atoms with Gasteiger partial charge in [-0.2, -0.15) is 0 Å². The predicted molar refractivity (Wildman–Crippen MR) is 90.9 cm³/mol. The van der Waals surface area contributed by atoms with Crippen LogP contribution in [-0.4, -0.2) is 38.8 Å². The number of ether oxygens (including phenoxy) is 1. The molecule has 1 N–H and O–H groups in total. The molecular formula is C17H23N5O2. The Bertz CT molecular complexity index is 700. The van der Waals surface area contributed by atoms with Crippen LogP contribution < -0.4 is 10.1 Å². The Kier molecular flexibility index (Phi) is 4.98. The number of aromatic nitrogens is 3. The second-order valence-electron chi connectivity index (χ2n) is 5.96. The minimum Gasteiger partial charge on any atom is -0.494 e. The van der Waals surface area contributed by atoms with Gasteiger partial charge in [0, 0.05) is 25.3 Å². The summed E-state index contributed by atoms with van der Waals surface area (Å²) in [6.07, 6.45) is 4.48. The fraction of sp³-hybridized carbons (Fsp3) is 0.471. The summed E-state index contributed by atoms with van der Waals surface area (Å²) in [7, 11) is 1.90.